The number of hydrogen-bond acceptors (Lipinski definition) is 4. The SMILES string of the molecule is CC(C)(C)C(c1ccc(OCc2ccccn2)cc1)c1ccc(C(=O)NC23CCN(CC2)CC3)cc1. The summed E-state index contributed by atoms with van der Waals surface area (Å²) in [5.74, 6) is 1.08. The van der Waals surface area contributed by atoms with Gasteiger partial charge in [-0.1, -0.05) is 51.1 Å². The molecule has 5 nitrogen and oxygen atoms in total. The van der Waals surface area contributed by atoms with Gasteiger partial charge in [-0.15, -0.1) is 0 Å². The van der Waals surface area contributed by atoms with E-state index in [2.05, 4.69) is 60.2 Å². The number of amides is 1. The van der Waals surface area contributed by atoms with Crippen molar-refractivity contribution < 1.29 is 9.53 Å². The fourth-order valence-electron chi connectivity index (χ4n) is 5.74. The Labute approximate surface area is 214 Å². The molecular weight excluding hydrogens is 446 g/mol. The van der Waals surface area contributed by atoms with E-state index in [9.17, 15) is 4.79 Å². The second-order valence-electron chi connectivity index (χ2n) is 11.4. The Morgan fingerprint density at radius 2 is 1.56 bits per heavy atom. The Morgan fingerprint density at radius 3 is 2.11 bits per heavy atom. The quantitative estimate of drug-likeness (QED) is 0.461. The largest absolute Gasteiger partial charge is 0.487 e. The Hall–Kier alpha value is -3.18. The summed E-state index contributed by atoms with van der Waals surface area (Å²) in [5.41, 5.74) is 4.09. The standard InChI is InChI=1S/C31H37N3O2/c1-30(2,3)28(24-11-13-27(14-12-24)36-22-26-6-4-5-18-32-26)23-7-9-25(10-8-23)29(35)33-31-15-19-34(20-16-31)21-17-31/h4-14,18,28H,15-17,19-22H2,1-3H3,(H,33,35). The zero-order valence-corrected chi connectivity index (χ0v) is 21.7. The highest BCUT2D eigenvalue weighted by Crippen LogP contribution is 2.41. The van der Waals surface area contributed by atoms with Crippen LogP contribution in [0.15, 0.2) is 72.9 Å². The van der Waals surface area contributed by atoms with Crippen LogP contribution in [0.1, 0.15) is 73.1 Å². The second-order valence-corrected chi connectivity index (χ2v) is 11.4. The summed E-state index contributed by atoms with van der Waals surface area (Å²) < 4.78 is 5.93. The Kier molecular flexibility index (Phi) is 6.85. The van der Waals surface area contributed by atoms with Gasteiger partial charge in [-0.05, 0) is 72.2 Å². The van der Waals surface area contributed by atoms with Crippen molar-refractivity contribution in [2.75, 3.05) is 19.6 Å². The first-order chi connectivity index (χ1) is 17.3. The minimum Gasteiger partial charge on any atom is -0.487 e. The number of fused-ring (bicyclic) bond motifs is 3. The van der Waals surface area contributed by atoms with Crippen molar-refractivity contribution in [2.24, 2.45) is 5.41 Å². The number of nitrogens with one attached hydrogen (secondary N) is 1. The topological polar surface area (TPSA) is 54.5 Å². The molecule has 3 aliphatic heterocycles. The van der Waals surface area contributed by atoms with Crippen LogP contribution in [0.2, 0.25) is 0 Å². The number of carbonyl (C=O) groups excluding carboxylic acids is 1. The lowest BCUT2D eigenvalue weighted by atomic mass is 9.72. The van der Waals surface area contributed by atoms with Gasteiger partial charge < -0.3 is 15.0 Å². The van der Waals surface area contributed by atoms with Gasteiger partial charge in [-0.25, -0.2) is 0 Å². The van der Waals surface area contributed by atoms with Gasteiger partial charge in [0, 0.05) is 42.9 Å². The van der Waals surface area contributed by atoms with Crippen LogP contribution in [0.5, 0.6) is 5.75 Å². The van der Waals surface area contributed by atoms with Gasteiger partial charge in [-0.3, -0.25) is 9.78 Å². The van der Waals surface area contributed by atoms with Gasteiger partial charge in [0.2, 0.25) is 0 Å². The van der Waals surface area contributed by atoms with Crippen molar-refractivity contribution >= 4 is 5.91 Å². The lowest BCUT2D eigenvalue weighted by Gasteiger charge is -2.48. The number of hydrogen-bond donors (Lipinski definition) is 1. The van der Waals surface area contributed by atoms with E-state index in [1.807, 2.05) is 42.5 Å². The fourth-order valence-corrected chi connectivity index (χ4v) is 5.74. The van der Waals surface area contributed by atoms with E-state index >= 15 is 0 Å². The average Bonchev–Trinajstić information content (AvgIpc) is 2.89. The molecule has 3 fully saturated rings. The van der Waals surface area contributed by atoms with Gasteiger partial charge in [0.05, 0.1) is 5.69 Å². The molecule has 6 rings (SSSR count). The molecular formula is C31H37N3O2. The normalized spacial score (nSPS) is 22.1. The molecule has 0 aliphatic carbocycles. The maximum atomic E-state index is 13.1. The summed E-state index contributed by atoms with van der Waals surface area (Å²) in [6, 6.07) is 22.4. The molecule has 2 aromatic carbocycles. The molecule has 0 radical (unpaired) electrons. The van der Waals surface area contributed by atoms with Crippen LogP contribution in [0.3, 0.4) is 0 Å². The van der Waals surface area contributed by atoms with Crippen molar-refractivity contribution in [3.05, 3.63) is 95.3 Å². The molecule has 0 spiro atoms. The molecule has 2 bridgehead atoms. The van der Waals surface area contributed by atoms with Crippen molar-refractivity contribution in [1.82, 2.24) is 15.2 Å². The van der Waals surface area contributed by atoms with Crippen LogP contribution in [-0.2, 0) is 6.61 Å². The summed E-state index contributed by atoms with van der Waals surface area (Å²) >= 11 is 0. The van der Waals surface area contributed by atoms with E-state index in [0.29, 0.717) is 6.61 Å². The van der Waals surface area contributed by atoms with Crippen molar-refractivity contribution in [2.45, 2.75) is 58.1 Å². The summed E-state index contributed by atoms with van der Waals surface area (Å²) in [5, 5.41) is 3.39. The molecule has 5 heteroatoms. The van der Waals surface area contributed by atoms with Crippen molar-refractivity contribution in [3.8, 4) is 5.75 Å². The van der Waals surface area contributed by atoms with E-state index in [0.717, 1.165) is 55.9 Å². The molecule has 188 valence electrons. The number of carbonyl (C=O) groups is 1. The van der Waals surface area contributed by atoms with E-state index in [4.69, 9.17) is 4.74 Å². The molecule has 1 aromatic heterocycles. The first kappa shape index (κ1) is 24.5. The molecule has 1 unspecified atom stereocenters. The van der Waals surface area contributed by atoms with Crippen LogP contribution >= 0.6 is 0 Å². The van der Waals surface area contributed by atoms with E-state index in [1.165, 1.54) is 11.1 Å². The van der Waals surface area contributed by atoms with Crippen LogP contribution in [-0.4, -0.2) is 41.0 Å². The number of pyridine rings is 1. The van der Waals surface area contributed by atoms with Crippen LogP contribution in [0.25, 0.3) is 0 Å². The Morgan fingerprint density at radius 1 is 0.944 bits per heavy atom. The van der Waals surface area contributed by atoms with Crippen LogP contribution in [0.4, 0.5) is 0 Å². The summed E-state index contributed by atoms with van der Waals surface area (Å²) in [6.45, 7) is 10.5. The third-order valence-corrected chi connectivity index (χ3v) is 7.80. The second kappa shape index (κ2) is 10.1. The molecule has 1 amide bonds. The third kappa shape index (κ3) is 5.46. The number of benzene rings is 2. The summed E-state index contributed by atoms with van der Waals surface area (Å²) in [6.07, 6.45) is 4.96. The lowest BCUT2D eigenvalue weighted by molar-refractivity contribution is 0.0515. The molecule has 3 aliphatic rings. The lowest BCUT2D eigenvalue weighted by Crippen LogP contribution is -2.61. The van der Waals surface area contributed by atoms with Crippen LogP contribution in [0, 0.1) is 5.41 Å². The summed E-state index contributed by atoms with van der Waals surface area (Å²) in [4.78, 5) is 19.9. The van der Waals surface area contributed by atoms with Gasteiger partial charge in [0.25, 0.3) is 5.91 Å². The van der Waals surface area contributed by atoms with Gasteiger partial charge >= 0.3 is 0 Å². The molecule has 1 atom stereocenters. The maximum Gasteiger partial charge on any atom is 0.251 e. The minimum absolute atomic E-state index is 0.00907. The van der Waals surface area contributed by atoms with Crippen molar-refractivity contribution in [3.63, 3.8) is 0 Å². The van der Waals surface area contributed by atoms with Crippen molar-refractivity contribution in [1.29, 1.82) is 0 Å². The molecule has 3 saturated heterocycles. The zero-order chi connectivity index (χ0) is 25.2. The molecule has 36 heavy (non-hydrogen) atoms. The van der Waals surface area contributed by atoms with E-state index in [-0.39, 0.29) is 22.8 Å². The minimum atomic E-state index is -0.0150. The molecule has 0 saturated carbocycles. The monoisotopic (exact) mass is 483 g/mol. The highest BCUT2D eigenvalue weighted by atomic mass is 16.5. The molecule has 1 N–H and O–H groups in total. The van der Waals surface area contributed by atoms with Gasteiger partial charge in [0.15, 0.2) is 0 Å². The highest BCUT2D eigenvalue weighted by molar-refractivity contribution is 5.94. The van der Waals surface area contributed by atoms with Gasteiger partial charge in [-0.2, -0.15) is 0 Å². The average molecular weight is 484 g/mol. The molecule has 3 aromatic rings. The maximum absolute atomic E-state index is 13.1. The first-order valence-corrected chi connectivity index (χ1v) is 13.1. The van der Waals surface area contributed by atoms with E-state index < -0.39 is 0 Å². The number of aromatic nitrogens is 1. The molecule has 4 heterocycles. The van der Waals surface area contributed by atoms with Gasteiger partial charge in [0.1, 0.15) is 12.4 Å². The smallest absolute Gasteiger partial charge is 0.251 e. The summed E-state index contributed by atoms with van der Waals surface area (Å²) in [7, 11) is 0. The zero-order valence-electron chi connectivity index (χ0n) is 21.7. The number of nitrogens with zero attached hydrogens (tertiary/aromatic N) is 2. The third-order valence-electron chi connectivity index (χ3n) is 7.80. The number of rotatable bonds is 7. The first-order valence-electron chi connectivity index (χ1n) is 13.1. The predicted octanol–water partition coefficient (Wildman–Crippen LogP) is 5.81. The number of ether oxygens (including phenoxy) is 1. The Balaban J connectivity index is 1.28. The highest BCUT2D eigenvalue weighted by Gasteiger charge is 2.40. The predicted molar refractivity (Wildman–Crippen MR) is 143 cm³/mol. The van der Waals surface area contributed by atoms with Crippen LogP contribution < -0.4 is 10.1 Å². The fraction of sp³-hybridized carbons (Fsp3) is 0.419. The van der Waals surface area contributed by atoms with E-state index in [1.54, 1.807) is 6.20 Å². The number of piperidine rings is 3. The Bertz CT molecular complexity index is 1150.